The minimum absolute atomic E-state index is 0.139. The SMILES string of the molecule is CCCCN.COc1ccccc1S(=O)(=O)O. The summed E-state index contributed by atoms with van der Waals surface area (Å²) in [6.45, 7) is 2.98. The Balaban J connectivity index is 0.000000437. The molecule has 0 bridgehead atoms. The standard InChI is InChI=1S/C7H8O4S.C4H11N/c1-11-6-4-2-3-5-7(6)12(8,9)10;1-2-3-4-5/h2-5H,1H3,(H,8,9,10);2-5H2,1H3. The summed E-state index contributed by atoms with van der Waals surface area (Å²) in [5.41, 5.74) is 5.14. The molecule has 98 valence electrons. The second-order valence-electron chi connectivity index (χ2n) is 3.27. The lowest BCUT2D eigenvalue weighted by molar-refractivity contribution is 0.397. The Bertz CT molecular complexity index is 415. The normalized spacial score (nSPS) is 10.4. The Morgan fingerprint density at radius 1 is 1.35 bits per heavy atom. The maximum absolute atomic E-state index is 10.7. The summed E-state index contributed by atoms with van der Waals surface area (Å²) in [7, 11) is -2.83. The summed E-state index contributed by atoms with van der Waals surface area (Å²) < 4.78 is 34.8. The molecule has 0 aliphatic heterocycles. The molecule has 0 amide bonds. The predicted octanol–water partition coefficient (Wildman–Crippen LogP) is 1.69. The van der Waals surface area contributed by atoms with Gasteiger partial charge in [0, 0.05) is 0 Å². The third kappa shape index (κ3) is 6.25. The zero-order chi connectivity index (χ0) is 13.3. The van der Waals surface area contributed by atoms with Gasteiger partial charge < -0.3 is 10.5 Å². The molecule has 0 atom stereocenters. The fourth-order valence-electron chi connectivity index (χ4n) is 1.04. The molecular formula is C11H19NO4S. The zero-order valence-electron chi connectivity index (χ0n) is 10.1. The summed E-state index contributed by atoms with van der Waals surface area (Å²) in [6.07, 6.45) is 2.39. The highest BCUT2D eigenvalue weighted by Crippen LogP contribution is 2.21. The van der Waals surface area contributed by atoms with Crippen molar-refractivity contribution in [3.63, 3.8) is 0 Å². The van der Waals surface area contributed by atoms with Crippen LogP contribution >= 0.6 is 0 Å². The summed E-state index contributed by atoms with van der Waals surface area (Å²) in [4.78, 5) is -0.215. The van der Waals surface area contributed by atoms with Crippen molar-refractivity contribution in [2.45, 2.75) is 24.7 Å². The Morgan fingerprint density at radius 3 is 2.24 bits per heavy atom. The van der Waals surface area contributed by atoms with E-state index >= 15 is 0 Å². The first kappa shape index (κ1) is 15.9. The van der Waals surface area contributed by atoms with E-state index in [1.54, 1.807) is 6.07 Å². The van der Waals surface area contributed by atoms with Gasteiger partial charge in [-0.2, -0.15) is 8.42 Å². The quantitative estimate of drug-likeness (QED) is 0.805. The molecule has 1 rings (SSSR count). The largest absolute Gasteiger partial charge is 0.495 e. The Hall–Kier alpha value is -1.11. The van der Waals surface area contributed by atoms with E-state index in [0.29, 0.717) is 0 Å². The van der Waals surface area contributed by atoms with Gasteiger partial charge in [0.25, 0.3) is 10.1 Å². The van der Waals surface area contributed by atoms with Gasteiger partial charge in [0.1, 0.15) is 10.6 Å². The highest BCUT2D eigenvalue weighted by atomic mass is 32.2. The summed E-state index contributed by atoms with van der Waals surface area (Å²) in [6, 6.07) is 5.86. The topological polar surface area (TPSA) is 89.6 Å². The fraction of sp³-hybridized carbons (Fsp3) is 0.455. The van der Waals surface area contributed by atoms with Crippen molar-refractivity contribution in [2.24, 2.45) is 5.73 Å². The molecule has 0 aliphatic rings. The maximum atomic E-state index is 10.7. The average Bonchev–Trinajstić information content (AvgIpc) is 2.30. The molecule has 0 unspecified atom stereocenters. The van der Waals surface area contributed by atoms with Crippen LogP contribution in [-0.4, -0.2) is 26.6 Å². The summed E-state index contributed by atoms with van der Waals surface area (Å²) in [5.74, 6) is 0.139. The van der Waals surface area contributed by atoms with E-state index in [1.165, 1.54) is 38.2 Å². The molecule has 0 heterocycles. The van der Waals surface area contributed by atoms with Gasteiger partial charge in [-0.05, 0) is 25.1 Å². The van der Waals surface area contributed by atoms with Crippen LogP contribution in [-0.2, 0) is 10.1 Å². The van der Waals surface area contributed by atoms with E-state index in [-0.39, 0.29) is 10.6 Å². The van der Waals surface area contributed by atoms with Crippen molar-refractivity contribution < 1.29 is 17.7 Å². The molecule has 0 spiro atoms. The van der Waals surface area contributed by atoms with Gasteiger partial charge >= 0.3 is 0 Å². The van der Waals surface area contributed by atoms with Crippen LogP contribution in [0.4, 0.5) is 0 Å². The number of unbranched alkanes of at least 4 members (excludes halogenated alkanes) is 1. The number of para-hydroxylation sites is 1. The van der Waals surface area contributed by atoms with E-state index in [9.17, 15) is 8.42 Å². The van der Waals surface area contributed by atoms with Gasteiger partial charge in [-0.1, -0.05) is 25.5 Å². The number of hydrogen-bond donors (Lipinski definition) is 2. The maximum Gasteiger partial charge on any atom is 0.298 e. The number of hydrogen-bond acceptors (Lipinski definition) is 4. The monoisotopic (exact) mass is 261 g/mol. The molecule has 1 aromatic carbocycles. The van der Waals surface area contributed by atoms with Crippen LogP contribution in [0.1, 0.15) is 19.8 Å². The minimum atomic E-state index is -4.17. The predicted molar refractivity (Wildman–Crippen MR) is 66.8 cm³/mol. The average molecular weight is 261 g/mol. The van der Waals surface area contributed by atoms with Crippen molar-refractivity contribution in [3.8, 4) is 5.75 Å². The lowest BCUT2D eigenvalue weighted by Crippen LogP contribution is -2.00. The molecule has 0 aromatic heterocycles. The van der Waals surface area contributed by atoms with E-state index in [4.69, 9.17) is 15.0 Å². The van der Waals surface area contributed by atoms with Crippen LogP contribution < -0.4 is 10.5 Å². The van der Waals surface area contributed by atoms with Gasteiger partial charge in [-0.25, -0.2) is 0 Å². The van der Waals surface area contributed by atoms with Crippen molar-refractivity contribution in [3.05, 3.63) is 24.3 Å². The van der Waals surface area contributed by atoms with Crippen LogP contribution in [0.5, 0.6) is 5.75 Å². The first-order valence-corrected chi connectivity index (χ1v) is 6.72. The number of methoxy groups -OCH3 is 1. The minimum Gasteiger partial charge on any atom is -0.495 e. The molecule has 0 fully saturated rings. The molecule has 0 saturated heterocycles. The molecule has 17 heavy (non-hydrogen) atoms. The number of ether oxygens (including phenoxy) is 1. The van der Waals surface area contributed by atoms with E-state index in [2.05, 4.69) is 6.92 Å². The van der Waals surface area contributed by atoms with Gasteiger partial charge in [0.15, 0.2) is 0 Å². The van der Waals surface area contributed by atoms with Gasteiger partial charge in [-0.15, -0.1) is 0 Å². The summed E-state index contributed by atoms with van der Waals surface area (Å²) >= 11 is 0. The van der Waals surface area contributed by atoms with Crippen LogP contribution in [0.3, 0.4) is 0 Å². The van der Waals surface area contributed by atoms with Gasteiger partial charge in [0.2, 0.25) is 0 Å². The first-order valence-electron chi connectivity index (χ1n) is 5.28. The Morgan fingerprint density at radius 2 is 1.94 bits per heavy atom. The summed E-state index contributed by atoms with van der Waals surface area (Å²) in [5, 5.41) is 0. The fourth-order valence-corrected chi connectivity index (χ4v) is 1.69. The smallest absolute Gasteiger partial charge is 0.298 e. The van der Waals surface area contributed by atoms with E-state index in [0.717, 1.165) is 6.54 Å². The molecule has 0 saturated carbocycles. The number of nitrogens with two attached hydrogens (primary N) is 1. The van der Waals surface area contributed by atoms with E-state index in [1.807, 2.05) is 0 Å². The zero-order valence-corrected chi connectivity index (χ0v) is 10.9. The molecule has 3 N–H and O–H groups in total. The molecule has 1 aromatic rings. The third-order valence-electron chi connectivity index (χ3n) is 1.90. The van der Waals surface area contributed by atoms with Gasteiger partial charge in [0.05, 0.1) is 7.11 Å². The molecular weight excluding hydrogens is 242 g/mol. The van der Waals surface area contributed by atoms with Crippen LogP contribution in [0.15, 0.2) is 29.2 Å². The third-order valence-corrected chi connectivity index (χ3v) is 2.80. The number of benzene rings is 1. The Kier molecular flexibility index (Phi) is 7.53. The highest BCUT2D eigenvalue weighted by Gasteiger charge is 2.14. The first-order chi connectivity index (χ1) is 7.97. The lowest BCUT2D eigenvalue weighted by Gasteiger charge is -2.03. The lowest BCUT2D eigenvalue weighted by atomic mass is 10.3. The van der Waals surface area contributed by atoms with Crippen molar-refractivity contribution in [2.75, 3.05) is 13.7 Å². The van der Waals surface area contributed by atoms with Crippen molar-refractivity contribution in [1.29, 1.82) is 0 Å². The van der Waals surface area contributed by atoms with Crippen LogP contribution in [0.25, 0.3) is 0 Å². The second-order valence-corrected chi connectivity index (χ2v) is 4.66. The molecule has 0 radical (unpaired) electrons. The Labute approximate surface area is 102 Å². The molecule has 6 heteroatoms. The number of rotatable bonds is 4. The van der Waals surface area contributed by atoms with Gasteiger partial charge in [-0.3, -0.25) is 4.55 Å². The van der Waals surface area contributed by atoms with E-state index < -0.39 is 10.1 Å². The molecule has 0 aliphatic carbocycles. The van der Waals surface area contributed by atoms with Crippen LogP contribution in [0, 0.1) is 0 Å². The molecule has 5 nitrogen and oxygen atoms in total. The van der Waals surface area contributed by atoms with Crippen molar-refractivity contribution in [1.82, 2.24) is 0 Å². The van der Waals surface area contributed by atoms with Crippen molar-refractivity contribution >= 4 is 10.1 Å². The highest BCUT2D eigenvalue weighted by molar-refractivity contribution is 7.86. The second kappa shape index (κ2) is 8.05. The van der Waals surface area contributed by atoms with Crippen LogP contribution in [0.2, 0.25) is 0 Å².